The van der Waals surface area contributed by atoms with Gasteiger partial charge in [-0.2, -0.15) is 0 Å². The zero-order valence-electron chi connectivity index (χ0n) is 7.75. The first-order valence-electron chi connectivity index (χ1n) is 4.31. The first-order chi connectivity index (χ1) is 6.11. The summed E-state index contributed by atoms with van der Waals surface area (Å²) in [4.78, 5) is 21.7. The molecule has 2 amide bonds. The summed E-state index contributed by atoms with van der Waals surface area (Å²) in [6.45, 7) is 1.74. The molecule has 0 saturated carbocycles. The minimum absolute atomic E-state index is 0.0270. The van der Waals surface area contributed by atoms with Gasteiger partial charge in [0.1, 0.15) is 6.04 Å². The third-order valence-electron chi connectivity index (χ3n) is 1.65. The van der Waals surface area contributed by atoms with Gasteiger partial charge in [-0.1, -0.05) is 6.92 Å². The van der Waals surface area contributed by atoms with Gasteiger partial charge in [-0.15, -0.1) is 0 Å². The maximum absolute atomic E-state index is 11.0. The van der Waals surface area contributed by atoms with E-state index in [-0.39, 0.29) is 18.9 Å². The van der Waals surface area contributed by atoms with Crippen LogP contribution in [-0.2, 0) is 9.59 Å². The van der Waals surface area contributed by atoms with Gasteiger partial charge in [-0.3, -0.25) is 9.59 Å². The normalized spacial score (nSPS) is 12.2. The van der Waals surface area contributed by atoms with Crippen LogP contribution in [0.15, 0.2) is 0 Å². The van der Waals surface area contributed by atoms with Crippen molar-refractivity contribution in [2.45, 2.75) is 32.2 Å². The Morgan fingerprint density at radius 3 is 2.54 bits per heavy atom. The van der Waals surface area contributed by atoms with Crippen molar-refractivity contribution in [3.05, 3.63) is 0 Å². The molecule has 0 saturated heterocycles. The zero-order valence-corrected chi connectivity index (χ0v) is 7.75. The summed E-state index contributed by atoms with van der Waals surface area (Å²) in [5.74, 6) is -0.778. The SMILES string of the molecule is CC[C@@H](NC(=O)CCCO)C(N)=O. The average molecular weight is 188 g/mol. The van der Waals surface area contributed by atoms with E-state index < -0.39 is 11.9 Å². The summed E-state index contributed by atoms with van der Waals surface area (Å²) < 4.78 is 0. The molecule has 5 heteroatoms. The molecule has 0 unspecified atom stereocenters. The maximum atomic E-state index is 11.0. The molecule has 0 heterocycles. The lowest BCUT2D eigenvalue weighted by molar-refractivity contribution is -0.127. The molecule has 0 spiro atoms. The van der Waals surface area contributed by atoms with E-state index in [4.69, 9.17) is 10.8 Å². The van der Waals surface area contributed by atoms with E-state index in [1.54, 1.807) is 6.92 Å². The molecule has 0 fully saturated rings. The highest BCUT2D eigenvalue weighted by Gasteiger charge is 2.14. The van der Waals surface area contributed by atoms with Crippen LogP contribution >= 0.6 is 0 Å². The molecule has 0 aromatic heterocycles. The van der Waals surface area contributed by atoms with Crippen molar-refractivity contribution in [1.82, 2.24) is 5.32 Å². The second-order valence-electron chi connectivity index (χ2n) is 2.76. The third-order valence-corrected chi connectivity index (χ3v) is 1.65. The highest BCUT2D eigenvalue weighted by atomic mass is 16.3. The standard InChI is InChI=1S/C8H16N2O3/c1-2-6(8(9)13)10-7(12)4-3-5-11/h6,11H,2-5H2,1H3,(H2,9,13)(H,10,12)/t6-/m1/s1. The van der Waals surface area contributed by atoms with E-state index >= 15 is 0 Å². The predicted molar refractivity (Wildman–Crippen MR) is 47.7 cm³/mol. The smallest absolute Gasteiger partial charge is 0.239 e. The molecule has 5 nitrogen and oxygen atoms in total. The Kier molecular flexibility index (Phi) is 5.88. The highest BCUT2D eigenvalue weighted by Crippen LogP contribution is 1.93. The summed E-state index contributed by atoms with van der Waals surface area (Å²) in [6.07, 6.45) is 1.11. The number of amides is 2. The predicted octanol–water partition coefficient (Wildman–Crippen LogP) is -0.861. The second-order valence-corrected chi connectivity index (χ2v) is 2.76. The Labute approximate surface area is 77.3 Å². The fourth-order valence-corrected chi connectivity index (χ4v) is 0.880. The Balaban J connectivity index is 3.80. The number of hydrogen-bond donors (Lipinski definition) is 3. The molecule has 0 rings (SSSR count). The van der Waals surface area contributed by atoms with Crippen LogP contribution in [-0.4, -0.2) is 29.6 Å². The Hall–Kier alpha value is -1.10. The van der Waals surface area contributed by atoms with Crippen LogP contribution in [0.3, 0.4) is 0 Å². The van der Waals surface area contributed by atoms with Crippen LogP contribution in [0.1, 0.15) is 26.2 Å². The summed E-state index contributed by atoms with van der Waals surface area (Å²) in [5, 5.41) is 10.9. The molecular formula is C8H16N2O3. The van der Waals surface area contributed by atoms with Crippen LogP contribution in [0, 0.1) is 0 Å². The van der Waals surface area contributed by atoms with E-state index in [2.05, 4.69) is 5.32 Å². The Morgan fingerprint density at radius 1 is 1.54 bits per heavy atom. The quantitative estimate of drug-likeness (QED) is 0.506. The lowest BCUT2D eigenvalue weighted by Gasteiger charge is -2.12. The van der Waals surface area contributed by atoms with Crippen LogP contribution in [0.4, 0.5) is 0 Å². The first kappa shape index (κ1) is 11.9. The average Bonchev–Trinajstić information content (AvgIpc) is 2.10. The van der Waals surface area contributed by atoms with E-state index in [0.717, 1.165) is 0 Å². The molecule has 4 N–H and O–H groups in total. The van der Waals surface area contributed by atoms with Crippen molar-refractivity contribution in [3.8, 4) is 0 Å². The third kappa shape index (κ3) is 5.19. The van der Waals surface area contributed by atoms with Crippen molar-refractivity contribution >= 4 is 11.8 Å². The molecule has 76 valence electrons. The van der Waals surface area contributed by atoms with Gasteiger partial charge >= 0.3 is 0 Å². The number of aliphatic hydroxyl groups excluding tert-OH is 1. The molecule has 0 aliphatic rings. The van der Waals surface area contributed by atoms with Gasteiger partial charge in [0.15, 0.2) is 0 Å². The van der Waals surface area contributed by atoms with Crippen LogP contribution in [0.25, 0.3) is 0 Å². The summed E-state index contributed by atoms with van der Waals surface area (Å²) in [6, 6.07) is -0.591. The van der Waals surface area contributed by atoms with Crippen LogP contribution in [0.2, 0.25) is 0 Å². The number of nitrogens with two attached hydrogens (primary N) is 1. The van der Waals surface area contributed by atoms with Crippen LogP contribution in [0.5, 0.6) is 0 Å². The molecule has 0 bridgehead atoms. The molecule has 1 atom stereocenters. The van der Waals surface area contributed by atoms with Gasteiger partial charge in [0.2, 0.25) is 11.8 Å². The lowest BCUT2D eigenvalue weighted by atomic mass is 10.2. The zero-order chi connectivity index (χ0) is 10.3. The van der Waals surface area contributed by atoms with E-state index in [0.29, 0.717) is 12.8 Å². The van der Waals surface area contributed by atoms with Gasteiger partial charge in [0.05, 0.1) is 0 Å². The van der Waals surface area contributed by atoms with Gasteiger partial charge in [-0.25, -0.2) is 0 Å². The fourth-order valence-electron chi connectivity index (χ4n) is 0.880. The summed E-state index contributed by atoms with van der Waals surface area (Å²) in [7, 11) is 0. The fraction of sp³-hybridized carbons (Fsp3) is 0.750. The number of primary amides is 1. The molecule has 13 heavy (non-hydrogen) atoms. The molecule has 0 aromatic rings. The number of rotatable bonds is 6. The summed E-state index contributed by atoms with van der Waals surface area (Å²) >= 11 is 0. The monoisotopic (exact) mass is 188 g/mol. The van der Waals surface area contributed by atoms with Crippen LogP contribution < -0.4 is 11.1 Å². The maximum Gasteiger partial charge on any atom is 0.239 e. The molecule has 0 radical (unpaired) electrons. The molecule has 0 aliphatic carbocycles. The number of aliphatic hydroxyl groups is 1. The van der Waals surface area contributed by atoms with Gasteiger partial charge in [0.25, 0.3) is 0 Å². The number of hydrogen-bond acceptors (Lipinski definition) is 3. The number of carbonyl (C=O) groups is 2. The van der Waals surface area contributed by atoms with E-state index in [1.165, 1.54) is 0 Å². The van der Waals surface area contributed by atoms with Crippen molar-refractivity contribution in [3.63, 3.8) is 0 Å². The molecular weight excluding hydrogens is 172 g/mol. The summed E-state index contributed by atoms with van der Waals surface area (Å²) in [5.41, 5.74) is 5.02. The van der Waals surface area contributed by atoms with Crippen molar-refractivity contribution in [1.29, 1.82) is 0 Å². The number of nitrogens with one attached hydrogen (secondary N) is 1. The first-order valence-corrected chi connectivity index (χ1v) is 4.31. The number of carbonyl (C=O) groups excluding carboxylic acids is 2. The lowest BCUT2D eigenvalue weighted by Crippen LogP contribution is -2.43. The largest absolute Gasteiger partial charge is 0.396 e. The minimum atomic E-state index is -0.591. The van der Waals surface area contributed by atoms with Gasteiger partial charge in [0, 0.05) is 13.0 Å². The second kappa shape index (κ2) is 6.42. The Morgan fingerprint density at radius 2 is 2.15 bits per heavy atom. The highest BCUT2D eigenvalue weighted by molar-refractivity contribution is 5.86. The van der Waals surface area contributed by atoms with Crippen molar-refractivity contribution in [2.75, 3.05) is 6.61 Å². The Bertz CT molecular complexity index is 182. The van der Waals surface area contributed by atoms with Gasteiger partial charge in [-0.05, 0) is 12.8 Å². The van der Waals surface area contributed by atoms with E-state index in [9.17, 15) is 9.59 Å². The molecule has 0 aliphatic heterocycles. The topological polar surface area (TPSA) is 92.4 Å². The van der Waals surface area contributed by atoms with Crippen molar-refractivity contribution < 1.29 is 14.7 Å². The minimum Gasteiger partial charge on any atom is -0.396 e. The van der Waals surface area contributed by atoms with Crippen molar-refractivity contribution in [2.24, 2.45) is 5.73 Å². The molecule has 0 aromatic carbocycles. The van der Waals surface area contributed by atoms with Gasteiger partial charge < -0.3 is 16.2 Å². The van der Waals surface area contributed by atoms with E-state index in [1.807, 2.05) is 0 Å².